The van der Waals surface area contributed by atoms with Crippen molar-refractivity contribution in [3.63, 3.8) is 0 Å². The summed E-state index contributed by atoms with van der Waals surface area (Å²) in [5.41, 5.74) is 1.31. The van der Waals surface area contributed by atoms with Gasteiger partial charge in [0.1, 0.15) is 17.4 Å². The molecule has 7 heteroatoms. The lowest BCUT2D eigenvalue weighted by molar-refractivity contribution is 0.208. The molecule has 0 unspecified atom stereocenters. The van der Waals surface area contributed by atoms with Gasteiger partial charge >= 0.3 is 6.03 Å². The SMILES string of the molecule is N#Cc1c(F)cccc1N1CCN(C(=O)Nc2ccncc2)CC1. The highest BCUT2D eigenvalue weighted by Crippen LogP contribution is 2.23. The smallest absolute Gasteiger partial charge is 0.321 e. The van der Waals surface area contributed by atoms with Gasteiger partial charge in [-0.25, -0.2) is 9.18 Å². The molecule has 2 aromatic rings. The quantitative estimate of drug-likeness (QED) is 0.920. The maximum atomic E-state index is 13.7. The molecule has 2 amide bonds. The number of hydrogen-bond acceptors (Lipinski definition) is 4. The van der Waals surface area contributed by atoms with E-state index in [-0.39, 0.29) is 11.6 Å². The zero-order valence-electron chi connectivity index (χ0n) is 12.9. The van der Waals surface area contributed by atoms with Crippen LogP contribution in [0.1, 0.15) is 5.56 Å². The predicted molar refractivity (Wildman–Crippen MR) is 88.2 cm³/mol. The van der Waals surface area contributed by atoms with E-state index in [0.29, 0.717) is 37.6 Å². The monoisotopic (exact) mass is 325 g/mol. The number of nitrogens with one attached hydrogen (secondary N) is 1. The van der Waals surface area contributed by atoms with Crippen LogP contribution in [0.3, 0.4) is 0 Å². The highest BCUT2D eigenvalue weighted by molar-refractivity contribution is 5.89. The van der Waals surface area contributed by atoms with E-state index in [0.717, 1.165) is 0 Å². The molecule has 1 aromatic carbocycles. The number of pyridine rings is 1. The van der Waals surface area contributed by atoms with Gasteiger partial charge in [0, 0.05) is 44.3 Å². The van der Waals surface area contributed by atoms with E-state index in [2.05, 4.69) is 10.3 Å². The average Bonchev–Trinajstić information content (AvgIpc) is 2.62. The van der Waals surface area contributed by atoms with Crippen molar-refractivity contribution in [1.82, 2.24) is 9.88 Å². The molecule has 1 saturated heterocycles. The number of carbonyl (C=O) groups is 1. The van der Waals surface area contributed by atoms with Crippen LogP contribution in [-0.2, 0) is 0 Å². The molecule has 0 saturated carbocycles. The Balaban J connectivity index is 1.63. The van der Waals surface area contributed by atoms with Gasteiger partial charge in [-0.2, -0.15) is 5.26 Å². The van der Waals surface area contributed by atoms with Crippen molar-refractivity contribution < 1.29 is 9.18 Å². The van der Waals surface area contributed by atoms with E-state index in [1.165, 1.54) is 6.07 Å². The lowest BCUT2D eigenvalue weighted by Crippen LogP contribution is -2.50. The molecule has 0 aliphatic carbocycles. The molecular formula is C17H16FN5O. The Morgan fingerprint density at radius 3 is 2.54 bits per heavy atom. The highest BCUT2D eigenvalue weighted by atomic mass is 19.1. The molecule has 6 nitrogen and oxygen atoms in total. The van der Waals surface area contributed by atoms with Crippen LogP contribution in [0.2, 0.25) is 0 Å². The minimum atomic E-state index is -0.521. The first kappa shape index (κ1) is 15.7. The molecule has 1 aliphatic heterocycles. The Labute approximate surface area is 139 Å². The van der Waals surface area contributed by atoms with Gasteiger partial charge in [-0.15, -0.1) is 0 Å². The molecule has 1 aromatic heterocycles. The summed E-state index contributed by atoms with van der Waals surface area (Å²) in [6, 6.07) is 9.78. The highest BCUT2D eigenvalue weighted by Gasteiger charge is 2.23. The first-order valence-electron chi connectivity index (χ1n) is 7.58. The minimum Gasteiger partial charge on any atom is -0.367 e. The predicted octanol–water partition coefficient (Wildman–Crippen LogP) is 2.45. The Kier molecular flexibility index (Phi) is 4.57. The second-order valence-corrected chi connectivity index (χ2v) is 5.39. The molecule has 2 heterocycles. The number of amides is 2. The number of rotatable bonds is 2. The number of aromatic nitrogens is 1. The molecule has 1 N–H and O–H groups in total. The fourth-order valence-electron chi connectivity index (χ4n) is 2.68. The third kappa shape index (κ3) is 3.27. The van der Waals surface area contributed by atoms with E-state index < -0.39 is 5.82 Å². The normalized spacial score (nSPS) is 14.2. The fraction of sp³-hybridized carbons (Fsp3) is 0.235. The molecule has 122 valence electrons. The number of benzene rings is 1. The van der Waals surface area contributed by atoms with Gasteiger partial charge in [-0.05, 0) is 24.3 Å². The number of urea groups is 1. The van der Waals surface area contributed by atoms with Crippen LogP contribution < -0.4 is 10.2 Å². The first-order chi connectivity index (χ1) is 11.7. The van der Waals surface area contributed by atoms with Gasteiger partial charge in [0.05, 0.1) is 5.69 Å². The van der Waals surface area contributed by atoms with Gasteiger partial charge in [-0.1, -0.05) is 6.07 Å². The summed E-state index contributed by atoms with van der Waals surface area (Å²) in [6.45, 7) is 2.08. The zero-order valence-corrected chi connectivity index (χ0v) is 12.9. The maximum absolute atomic E-state index is 13.7. The van der Waals surface area contributed by atoms with Crippen LogP contribution in [0.5, 0.6) is 0 Å². The molecule has 0 bridgehead atoms. The first-order valence-corrected chi connectivity index (χ1v) is 7.58. The lowest BCUT2D eigenvalue weighted by Gasteiger charge is -2.36. The van der Waals surface area contributed by atoms with Crippen LogP contribution in [0.15, 0.2) is 42.7 Å². The number of nitriles is 1. The Morgan fingerprint density at radius 1 is 1.17 bits per heavy atom. The number of halogens is 1. The van der Waals surface area contributed by atoms with Crippen molar-refractivity contribution in [2.45, 2.75) is 0 Å². The van der Waals surface area contributed by atoms with E-state index in [9.17, 15) is 9.18 Å². The largest absolute Gasteiger partial charge is 0.367 e. The van der Waals surface area contributed by atoms with Gasteiger partial charge in [0.2, 0.25) is 0 Å². The number of anilines is 2. The molecule has 1 aliphatic rings. The molecule has 0 atom stereocenters. The van der Waals surface area contributed by atoms with E-state index in [4.69, 9.17) is 5.26 Å². The Morgan fingerprint density at radius 2 is 1.88 bits per heavy atom. The summed E-state index contributed by atoms with van der Waals surface area (Å²) in [4.78, 5) is 19.8. The van der Waals surface area contributed by atoms with E-state index in [1.807, 2.05) is 11.0 Å². The molecule has 24 heavy (non-hydrogen) atoms. The van der Waals surface area contributed by atoms with Gasteiger partial charge in [-0.3, -0.25) is 4.98 Å². The van der Waals surface area contributed by atoms with Crippen molar-refractivity contribution in [3.05, 3.63) is 54.1 Å². The van der Waals surface area contributed by atoms with E-state index in [1.54, 1.807) is 41.6 Å². The van der Waals surface area contributed by atoms with E-state index >= 15 is 0 Å². The van der Waals surface area contributed by atoms with Gasteiger partial charge in [0.15, 0.2) is 0 Å². The zero-order chi connectivity index (χ0) is 16.9. The van der Waals surface area contributed by atoms with Crippen molar-refractivity contribution in [1.29, 1.82) is 5.26 Å². The summed E-state index contributed by atoms with van der Waals surface area (Å²) >= 11 is 0. The molecule has 0 radical (unpaired) electrons. The summed E-state index contributed by atoms with van der Waals surface area (Å²) in [6.07, 6.45) is 3.22. The number of nitrogens with zero attached hydrogens (tertiary/aromatic N) is 4. The van der Waals surface area contributed by atoms with Crippen LogP contribution >= 0.6 is 0 Å². The van der Waals surface area contributed by atoms with Crippen LogP contribution in [0.4, 0.5) is 20.6 Å². The topological polar surface area (TPSA) is 72.3 Å². The molecule has 3 rings (SSSR count). The summed E-state index contributed by atoms with van der Waals surface area (Å²) < 4.78 is 13.7. The minimum absolute atomic E-state index is 0.0483. The molecule has 1 fully saturated rings. The fourth-order valence-corrected chi connectivity index (χ4v) is 2.68. The standard InChI is InChI=1S/C17H16FN5O/c18-15-2-1-3-16(14(15)12-19)22-8-10-23(11-9-22)17(24)21-13-4-6-20-7-5-13/h1-7H,8-11H2,(H,20,21,24). The summed E-state index contributed by atoms with van der Waals surface area (Å²) in [5.74, 6) is -0.521. The van der Waals surface area contributed by atoms with Gasteiger partial charge in [0.25, 0.3) is 0 Å². The van der Waals surface area contributed by atoms with Crippen molar-refractivity contribution in [3.8, 4) is 6.07 Å². The van der Waals surface area contributed by atoms with Crippen LogP contribution in [0.25, 0.3) is 0 Å². The second-order valence-electron chi connectivity index (χ2n) is 5.39. The Bertz CT molecular complexity index is 766. The number of carbonyl (C=O) groups excluding carboxylic acids is 1. The maximum Gasteiger partial charge on any atom is 0.321 e. The van der Waals surface area contributed by atoms with Crippen molar-refractivity contribution in [2.24, 2.45) is 0 Å². The Hall–Kier alpha value is -3.14. The molecule has 0 spiro atoms. The number of piperazine rings is 1. The third-order valence-electron chi connectivity index (χ3n) is 3.94. The number of hydrogen-bond donors (Lipinski definition) is 1. The van der Waals surface area contributed by atoms with Crippen LogP contribution in [0, 0.1) is 17.1 Å². The average molecular weight is 325 g/mol. The van der Waals surface area contributed by atoms with Crippen molar-refractivity contribution >= 4 is 17.4 Å². The van der Waals surface area contributed by atoms with Crippen molar-refractivity contribution in [2.75, 3.05) is 36.4 Å². The third-order valence-corrected chi connectivity index (χ3v) is 3.94. The summed E-state index contributed by atoms with van der Waals surface area (Å²) in [7, 11) is 0. The molecular weight excluding hydrogens is 309 g/mol. The lowest BCUT2D eigenvalue weighted by atomic mass is 10.1. The van der Waals surface area contributed by atoms with Gasteiger partial charge < -0.3 is 15.1 Å². The van der Waals surface area contributed by atoms with Crippen LogP contribution in [-0.4, -0.2) is 42.1 Å². The second kappa shape index (κ2) is 6.96. The summed E-state index contributed by atoms with van der Waals surface area (Å²) in [5, 5.41) is 12.0.